The van der Waals surface area contributed by atoms with Crippen LogP contribution in [0.5, 0.6) is 0 Å². The van der Waals surface area contributed by atoms with Crippen molar-refractivity contribution in [1.82, 2.24) is 4.90 Å². The molecule has 3 nitrogen and oxygen atoms in total. The Hall–Kier alpha value is -0.900. The van der Waals surface area contributed by atoms with Gasteiger partial charge in [0, 0.05) is 25.7 Å². The van der Waals surface area contributed by atoms with Crippen LogP contribution in [-0.2, 0) is 11.2 Å². The van der Waals surface area contributed by atoms with Crippen molar-refractivity contribution < 1.29 is 9.84 Å². The van der Waals surface area contributed by atoms with Gasteiger partial charge in [-0.1, -0.05) is 24.3 Å². The maximum Gasteiger partial charge on any atom is 0.0947 e. The molecule has 18 heavy (non-hydrogen) atoms. The molecular weight excluding hydrogens is 226 g/mol. The summed E-state index contributed by atoms with van der Waals surface area (Å²) in [6.07, 6.45) is 2.87. The molecule has 3 rings (SSSR count). The molecule has 0 amide bonds. The largest absolute Gasteiger partial charge is 0.387 e. The lowest BCUT2D eigenvalue weighted by molar-refractivity contribution is 0.0339. The Morgan fingerprint density at radius 3 is 3.00 bits per heavy atom. The highest BCUT2D eigenvalue weighted by molar-refractivity contribution is 5.32. The van der Waals surface area contributed by atoms with E-state index in [1.807, 2.05) is 6.07 Å². The Morgan fingerprint density at radius 2 is 2.06 bits per heavy atom. The maximum absolute atomic E-state index is 10.6. The van der Waals surface area contributed by atoms with Crippen molar-refractivity contribution in [3.8, 4) is 0 Å². The molecule has 0 spiro atoms. The van der Waals surface area contributed by atoms with E-state index in [4.69, 9.17) is 4.74 Å². The Morgan fingerprint density at radius 1 is 1.17 bits per heavy atom. The van der Waals surface area contributed by atoms with Gasteiger partial charge in [0.05, 0.1) is 12.7 Å². The van der Waals surface area contributed by atoms with Gasteiger partial charge in [0.1, 0.15) is 0 Å². The molecule has 2 aliphatic rings. The minimum absolute atomic E-state index is 0.265. The lowest BCUT2D eigenvalue weighted by Crippen LogP contribution is -2.43. The molecule has 1 N–H and O–H groups in total. The van der Waals surface area contributed by atoms with Crippen molar-refractivity contribution in [1.29, 1.82) is 0 Å². The number of ether oxygens (including phenoxy) is 1. The van der Waals surface area contributed by atoms with Crippen LogP contribution < -0.4 is 0 Å². The minimum atomic E-state index is -0.340. The monoisotopic (exact) mass is 247 g/mol. The summed E-state index contributed by atoms with van der Waals surface area (Å²) in [4.78, 5) is 2.41. The highest BCUT2D eigenvalue weighted by Gasteiger charge is 2.32. The number of hydrogen-bond donors (Lipinski definition) is 1. The van der Waals surface area contributed by atoms with Crippen LogP contribution in [0.15, 0.2) is 24.3 Å². The first-order chi connectivity index (χ1) is 8.86. The third-order valence-electron chi connectivity index (χ3n) is 4.17. The normalized spacial score (nSPS) is 29.6. The fourth-order valence-corrected chi connectivity index (χ4v) is 3.20. The van der Waals surface area contributed by atoms with Crippen molar-refractivity contribution >= 4 is 0 Å². The van der Waals surface area contributed by atoms with Crippen LogP contribution in [0.3, 0.4) is 0 Å². The van der Waals surface area contributed by atoms with Crippen molar-refractivity contribution in [2.45, 2.75) is 31.4 Å². The number of fused-ring (bicyclic) bond motifs is 1. The topological polar surface area (TPSA) is 32.7 Å². The highest BCUT2D eigenvalue weighted by Crippen LogP contribution is 2.33. The summed E-state index contributed by atoms with van der Waals surface area (Å²) in [6, 6.07) is 8.56. The first-order valence-electron chi connectivity index (χ1n) is 6.94. The van der Waals surface area contributed by atoms with Gasteiger partial charge in [0.2, 0.25) is 0 Å². The van der Waals surface area contributed by atoms with Gasteiger partial charge in [-0.15, -0.1) is 0 Å². The van der Waals surface area contributed by atoms with Crippen LogP contribution in [0.4, 0.5) is 0 Å². The summed E-state index contributed by atoms with van der Waals surface area (Å²) >= 11 is 0. The molecule has 1 heterocycles. The Labute approximate surface area is 108 Å². The Bertz CT molecular complexity index is 399. The van der Waals surface area contributed by atoms with E-state index in [0.29, 0.717) is 0 Å². The van der Waals surface area contributed by atoms with Crippen molar-refractivity contribution in [3.05, 3.63) is 35.4 Å². The van der Waals surface area contributed by atoms with E-state index >= 15 is 0 Å². The van der Waals surface area contributed by atoms with Crippen LogP contribution in [0.2, 0.25) is 0 Å². The van der Waals surface area contributed by atoms with E-state index in [9.17, 15) is 5.11 Å². The highest BCUT2D eigenvalue weighted by atomic mass is 16.5. The van der Waals surface area contributed by atoms with Crippen LogP contribution in [0.25, 0.3) is 0 Å². The summed E-state index contributed by atoms with van der Waals surface area (Å²) < 4.78 is 5.50. The number of aryl methyl sites for hydroxylation is 1. The average Bonchev–Trinajstić information content (AvgIpc) is 2.68. The molecule has 0 bridgehead atoms. The average molecular weight is 247 g/mol. The first kappa shape index (κ1) is 12.2. The lowest BCUT2D eigenvalue weighted by Gasteiger charge is -2.37. The molecule has 1 saturated heterocycles. The number of benzene rings is 1. The molecule has 1 aromatic rings. The van der Waals surface area contributed by atoms with E-state index in [2.05, 4.69) is 23.1 Å². The van der Waals surface area contributed by atoms with Gasteiger partial charge in [0.25, 0.3) is 0 Å². The maximum atomic E-state index is 10.6. The quantitative estimate of drug-likeness (QED) is 0.821. The summed E-state index contributed by atoms with van der Waals surface area (Å²) in [5.41, 5.74) is 2.44. The number of nitrogens with zero attached hydrogens (tertiary/aromatic N) is 1. The molecule has 0 saturated carbocycles. The fraction of sp³-hybridized carbons (Fsp3) is 0.600. The molecule has 0 aromatic heterocycles. The predicted molar refractivity (Wildman–Crippen MR) is 70.5 cm³/mol. The molecule has 1 aromatic carbocycles. The zero-order valence-electron chi connectivity index (χ0n) is 10.7. The summed E-state index contributed by atoms with van der Waals surface area (Å²) in [5.74, 6) is 0. The SMILES string of the molecule is OC1c2ccccc2CCC1N1CCCOCC1. The molecule has 0 radical (unpaired) electrons. The summed E-state index contributed by atoms with van der Waals surface area (Å²) in [7, 11) is 0. The van der Waals surface area contributed by atoms with Crippen molar-refractivity contribution in [2.75, 3.05) is 26.3 Å². The third kappa shape index (κ3) is 2.30. The predicted octanol–water partition coefficient (Wildman–Crippen LogP) is 1.76. The first-order valence-corrected chi connectivity index (χ1v) is 6.94. The zero-order chi connectivity index (χ0) is 12.4. The number of hydrogen-bond acceptors (Lipinski definition) is 3. The van der Waals surface area contributed by atoms with Crippen LogP contribution >= 0.6 is 0 Å². The third-order valence-corrected chi connectivity index (χ3v) is 4.17. The Kier molecular flexibility index (Phi) is 3.64. The molecule has 2 atom stereocenters. The van der Waals surface area contributed by atoms with Gasteiger partial charge in [-0.05, 0) is 30.4 Å². The second-order valence-corrected chi connectivity index (χ2v) is 5.25. The lowest BCUT2D eigenvalue weighted by atomic mass is 9.85. The molecule has 1 aliphatic heterocycles. The standard InChI is InChI=1S/C15H21NO2/c17-15-13-5-2-1-4-12(13)6-7-14(15)16-8-3-10-18-11-9-16/h1-2,4-5,14-15,17H,3,6-11H2. The molecule has 1 fully saturated rings. The van der Waals surface area contributed by atoms with Crippen LogP contribution in [-0.4, -0.2) is 42.4 Å². The molecule has 2 unspecified atom stereocenters. The molecule has 3 heteroatoms. The van der Waals surface area contributed by atoms with Crippen molar-refractivity contribution in [3.63, 3.8) is 0 Å². The summed E-state index contributed by atoms with van der Waals surface area (Å²) in [5, 5.41) is 10.6. The minimum Gasteiger partial charge on any atom is -0.387 e. The number of rotatable bonds is 1. The van der Waals surface area contributed by atoms with E-state index in [-0.39, 0.29) is 12.1 Å². The van der Waals surface area contributed by atoms with E-state index in [0.717, 1.165) is 51.1 Å². The van der Waals surface area contributed by atoms with Gasteiger partial charge in [-0.25, -0.2) is 0 Å². The number of aliphatic hydroxyl groups excluding tert-OH is 1. The fourth-order valence-electron chi connectivity index (χ4n) is 3.20. The Balaban J connectivity index is 1.78. The second kappa shape index (κ2) is 5.39. The van der Waals surface area contributed by atoms with E-state index in [1.54, 1.807) is 0 Å². The van der Waals surface area contributed by atoms with Gasteiger partial charge >= 0.3 is 0 Å². The van der Waals surface area contributed by atoms with Gasteiger partial charge < -0.3 is 9.84 Å². The van der Waals surface area contributed by atoms with Gasteiger partial charge in [0.15, 0.2) is 0 Å². The molecule has 98 valence electrons. The van der Waals surface area contributed by atoms with Gasteiger partial charge in [-0.3, -0.25) is 4.90 Å². The van der Waals surface area contributed by atoms with Crippen molar-refractivity contribution in [2.24, 2.45) is 0 Å². The summed E-state index contributed by atoms with van der Waals surface area (Å²) in [6.45, 7) is 3.65. The smallest absolute Gasteiger partial charge is 0.0947 e. The molecule has 1 aliphatic carbocycles. The van der Waals surface area contributed by atoms with Crippen LogP contribution in [0, 0.1) is 0 Å². The van der Waals surface area contributed by atoms with E-state index < -0.39 is 0 Å². The van der Waals surface area contributed by atoms with Gasteiger partial charge in [-0.2, -0.15) is 0 Å². The second-order valence-electron chi connectivity index (χ2n) is 5.25. The zero-order valence-corrected chi connectivity index (χ0v) is 10.7. The van der Waals surface area contributed by atoms with Crippen LogP contribution in [0.1, 0.15) is 30.1 Å². The molecular formula is C15H21NO2. The van der Waals surface area contributed by atoms with E-state index in [1.165, 1.54) is 5.56 Å². The number of aliphatic hydroxyl groups is 1.